The molecule has 0 aromatic heterocycles. The van der Waals surface area contributed by atoms with Crippen molar-refractivity contribution in [1.82, 2.24) is 15.5 Å². The molecule has 2 unspecified atom stereocenters. The Morgan fingerprint density at radius 1 is 1.06 bits per heavy atom. The van der Waals surface area contributed by atoms with Crippen LogP contribution in [0.1, 0.15) is 44.2 Å². The van der Waals surface area contributed by atoms with E-state index in [0.717, 1.165) is 84.4 Å². The van der Waals surface area contributed by atoms with Gasteiger partial charge in [-0.3, -0.25) is 9.89 Å². The van der Waals surface area contributed by atoms with Crippen LogP contribution in [0.5, 0.6) is 0 Å². The minimum Gasteiger partial charge on any atom is -0.381 e. The van der Waals surface area contributed by atoms with Crippen molar-refractivity contribution in [3.8, 4) is 0 Å². The van der Waals surface area contributed by atoms with Gasteiger partial charge in [0.2, 0.25) is 0 Å². The van der Waals surface area contributed by atoms with Gasteiger partial charge in [-0.05, 0) is 50.2 Å². The normalized spacial score (nSPS) is 23.3. The van der Waals surface area contributed by atoms with Crippen molar-refractivity contribution in [3.05, 3.63) is 35.4 Å². The summed E-state index contributed by atoms with van der Waals surface area (Å²) in [5.41, 5.74) is 2.60. The third-order valence-electron chi connectivity index (χ3n) is 6.06. The van der Waals surface area contributed by atoms with Crippen molar-refractivity contribution >= 4 is 5.96 Å². The van der Waals surface area contributed by atoms with Crippen molar-refractivity contribution in [3.63, 3.8) is 0 Å². The average molecular weight is 447 g/mol. The Hall–Kier alpha value is -1.67. The van der Waals surface area contributed by atoms with Gasteiger partial charge in [-0.15, -0.1) is 0 Å². The lowest BCUT2D eigenvalue weighted by atomic mass is 10.0. The largest absolute Gasteiger partial charge is 0.381 e. The molecule has 2 atom stereocenters. The van der Waals surface area contributed by atoms with Crippen LogP contribution in [0.25, 0.3) is 0 Å². The molecule has 2 aliphatic heterocycles. The number of rotatable bonds is 10. The van der Waals surface area contributed by atoms with Crippen LogP contribution in [0.2, 0.25) is 0 Å². The maximum Gasteiger partial charge on any atom is 0.191 e. The Labute approximate surface area is 193 Å². The number of morpholine rings is 1. The predicted octanol–water partition coefficient (Wildman–Crippen LogP) is 2.79. The van der Waals surface area contributed by atoms with E-state index in [9.17, 15) is 0 Å². The highest BCUT2D eigenvalue weighted by atomic mass is 16.5. The van der Waals surface area contributed by atoms with Crippen LogP contribution in [0.3, 0.4) is 0 Å². The second-order valence-corrected chi connectivity index (χ2v) is 9.10. The number of hydrogen-bond donors (Lipinski definition) is 2. The molecule has 3 rings (SSSR count). The smallest absolute Gasteiger partial charge is 0.191 e. The van der Waals surface area contributed by atoms with Gasteiger partial charge in [-0.25, -0.2) is 0 Å². The van der Waals surface area contributed by atoms with Gasteiger partial charge < -0.3 is 24.8 Å². The molecule has 2 fully saturated rings. The van der Waals surface area contributed by atoms with E-state index in [1.807, 2.05) is 7.05 Å². The predicted molar refractivity (Wildman–Crippen MR) is 129 cm³/mol. The fraction of sp³-hybridized carbons (Fsp3) is 0.720. The summed E-state index contributed by atoms with van der Waals surface area (Å²) in [6, 6.07) is 8.86. The van der Waals surface area contributed by atoms with Gasteiger partial charge in [0.1, 0.15) is 0 Å². The zero-order valence-electron chi connectivity index (χ0n) is 20.1. The summed E-state index contributed by atoms with van der Waals surface area (Å²) < 4.78 is 17.1. The number of aliphatic imine (C=N–C) groups is 1. The standard InChI is InChI=1S/C25H42N4O3/c1-20-16-29(17-21(2)32-20)18-23-7-5-22(6-8-23)15-28-25(26-3)27-11-4-12-31-19-24-9-13-30-14-10-24/h5-8,20-21,24H,4,9-19H2,1-3H3,(H2,26,27,28). The number of guanidine groups is 1. The summed E-state index contributed by atoms with van der Waals surface area (Å²) in [6.45, 7) is 12.3. The van der Waals surface area contributed by atoms with Gasteiger partial charge in [0.25, 0.3) is 0 Å². The van der Waals surface area contributed by atoms with Crippen LogP contribution >= 0.6 is 0 Å². The zero-order valence-corrected chi connectivity index (χ0v) is 20.1. The van der Waals surface area contributed by atoms with Crippen molar-refractivity contribution < 1.29 is 14.2 Å². The minimum atomic E-state index is 0.306. The fourth-order valence-electron chi connectivity index (χ4n) is 4.38. The van der Waals surface area contributed by atoms with Crippen LogP contribution in [0, 0.1) is 5.92 Å². The summed E-state index contributed by atoms with van der Waals surface area (Å²) >= 11 is 0. The molecule has 180 valence electrons. The highest BCUT2D eigenvalue weighted by molar-refractivity contribution is 5.79. The highest BCUT2D eigenvalue weighted by Crippen LogP contribution is 2.15. The fourth-order valence-corrected chi connectivity index (χ4v) is 4.38. The molecule has 0 radical (unpaired) electrons. The first-order valence-electron chi connectivity index (χ1n) is 12.2. The summed E-state index contributed by atoms with van der Waals surface area (Å²) in [7, 11) is 1.81. The maximum atomic E-state index is 5.83. The Balaban J connectivity index is 1.28. The molecule has 0 bridgehead atoms. The lowest BCUT2D eigenvalue weighted by Gasteiger charge is -2.35. The summed E-state index contributed by atoms with van der Waals surface area (Å²) in [5, 5.41) is 6.77. The van der Waals surface area contributed by atoms with Crippen molar-refractivity contribution in [2.75, 3.05) is 53.1 Å². The SMILES string of the molecule is CN=C(NCCCOCC1CCOCC1)NCc1ccc(CN2CC(C)OC(C)C2)cc1. The molecule has 32 heavy (non-hydrogen) atoms. The number of ether oxygens (including phenoxy) is 3. The molecule has 0 amide bonds. The van der Waals surface area contributed by atoms with E-state index in [1.54, 1.807) is 0 Å². The molecule has 2 heterocycles. The molecule has 2 saturated heterocycles. The summed E-state index contributed by atoms with van der Waals surface area (Å²) in [6.07, 6.45) is 3.83. The number of nitrogens with one attached hydrogen (secondary N) is 2. The van der Waals surface area contributed by atoms with Gasteiger partial charge in [-0.1, -0.05) is 24.3 Å². The topological polar surface area (TPSA) is 67.4 Å². The highest BCUT2D eigenvalue weighted by Gasteiger charge is 2.21. The first-order valence-corrected chi connectivity index (χ1v) is 12.2. The van der Waals surface area contributed by atoms with Crippen LogP contribution in [-0.4, -0.2) is 76.2 Å². The van der Waals surface area contributed by atoms with Crippen molar-refractivity contribution in [1.29, 1.82) is 0 Å². The van der Waals surface area contributed by atoms with E-state index < -0.39 is 0 Å². The Kier molecular flexibility index (Phi) is 10.8. The van der Waals surface area contributed by atoms with Gasteiger partial charge >= 0.3 is 0 Å². The molecular formula is C25H42N4O3. The molecule has 1 aromatic rings. The van der Waals surface area contributed by atoms with Gasteiger partial charge in [0.15, 0.2) is 5.96 Å². The minimum absolute atomic E-state index is 0.306. The first-order chi connectivity index (χ1) is 15.6. The van der Waals surface area contributed by atoms with E-state index >= 15 is 0 Å². The lowest BCUT2D eigenvalue weighted by Crippen LogP contribution is -2.44. The third kappa shape index (κ3) is 9.06. The Bertz CT molecular complexity index is 666. The number of nitrogens with zero attached hydrogens (tertiary/aromatic N) is 2. The average Bonchev–Trinajstić information content (AvgIpc) is 2.79. The van der Waals surface area contributed by atoms with Crippen molar-refractivity contribution in [2.45, 2.75) is 58.4 Å². The van der Waals surface area contributed by atoms with E-state index in [0.29, 0.717) is 18.1 Å². The molecule has 2 N–H and O–H groups in total. The Morgan fingerprint density at radius 3 is 2.44 bits per heavy atom. The molecule has 0 aliphatic carbocycles. The summed E-state index contributed by atoms with van der Waals surface area (Å²) in [5.74, 6) is 1.49. The second kappa shape index (κ2) is 13.8. The first kappa shape index (κ1) is 25.0. The van der Waals surface area contributed by atoms with E-state index in [2.05, 4.69) is 58.6 Å². The van der Waals surface area contributed by atoms with Gasteiger partial charge in [0, 0.05) is 66.2 Å². The molecule has 0 spiro atoms. The van der Waals surface area contributed by atoms with Gasteiger partial charge in [-0.2, -0.15) is 0 Å². The van der Waals surface area contributed by atoms with Crippen LogP contribution in [0.15, 0.2) is 29.3 Å². The zero-order chi connectivity index (χ0) is 22.6. The molecular weight excluding hydrogens is 404 g/mol. The van der Waals surface area contributed by atoms with Crippen LogP contribution in [0.4, 0.5) is 0 Å². The molecule has 7 nitrogen and oxygen atoms in total. The monoisotopic (exact) mass is 446 g/mol. The van der Waals surface area contributed by atoms with Crippen LogP contribution in [-0.2, 0) is 27.3 Å². The number of benzene rings is 1. The van der Waals surface area contributed by atoms with E-state index in [1.165, 1.54) is 11.1 Å². The quantitative estimate of drug-likeness (QED) is 0.327. The summed E-state index contributed by atoms with van der Waals surface area (Å²) in [4.78, 5) is 6.80. The van der Waals surface area contributed by atoms with Crippen molar-refractivity contribution in [2.24, 2.45) is 10.9 Å². The van der Waals surface area contributed by atoms with Crippen LogP contribution < -0.4 is 10.6 Å². The molecule has 1 aromatic carbocycles. The number of hydrogen-bond acceptors (Lipinski definition) is 5. The van der Waals surface area contributed by atoms with Gasteiger partial charge in [0.05, 0.1) is 12.2 Å². The van der Waals surface area contributed by atoms with E-state index in [-0.39, 0.29) is 0 Å². The molecule has 7 heteroatoms. The third-order valence-corrected chi connectivity index (χ3v) is 6.06. The lowest BCUT2D eigenvalue weighted by molar-refractivity contribution is -0.0704. The second-order valence-electron chi connectivity index (χ2n) is 9.10. The molecule has 0 saturated carbocycles. The van der Waals surface area contributed by atoms with E-state index in [4.69, 9.17) is 14.2 Å². The molecule has 2 aliphatic rings. The maximum absolute atomic E-state index is 5.83. The Morgan fingerprint density at radius 2 is 1.75 bits per heavy atom.